The number of nitrogens with one attached hydrogen (secondary N) is 1. The van der Waals surface area contributed by atoms with E-state index in [9.17, 15) is 8.42 Å². The predicted molar refractivity (Wildman–Crippen MR) is 78.0 cm³/mol. The molecule has 0 bridgehead atoms. The summed E-state index contributed by atoms with van der Waals surface area (Å²) in [4.78, 5) is 0.220. The van der Waals surface area contributed by atoms with Crippen LogP contribution in [0.2, 0.25) is 0 Å². The fourth-order valence-corrected chi connectivity index (χ4v) is 3.52. The number of nitrogens with zero attached hydrogens (tertiary/aromatic N) is 2. The van der Waals surface area contributed by atoms with Crippen molar-refractivity contribution in [3.63, 3.8) is 0 Å². The molecule has 0 radical (unpaired) electrons. The number of hydrogen-bond donors (Lipinski definition) is 2. The number of hydrogen-bond acceptors (Lipinski definition) is 4. The van der Waals surface area contributed by atoms with Gasteiger partial charge in [-0.1, -0.05) is 20.8 Å². The largest absolute Gasteiger partial charge is 0.394 e. The fraction of sp³-hybridized carbons (Fsp3) is 0.769. The van der Waals surface area contributed by atoms with Crippen LogP contribution in [0.15, 0.2) is 4.90 Å². The Labute approximate surface area is 121 Å². The van der Waals surface area contributed by atoms with Crippen molar-refractivity contribution in [1.29, 1.82) is 0 Å². The van der Waals surface area contributed by atoms with Crippen LogP contribution in [0, 0.1) is 19.3 Å². The molecule has 20 heavy (non-hydrogen) atoms. The van der Waals surface area contributed by atoms with Gasteiger partial charge >= 0.3 is 0 Å². The second-order valence-corrected chi connectivity index (χ2v) is 7.49. The number of aliphatic hydroxyl groups excluding tert-OH is 1. The van der Waals surface area contributed by atoms with E-state index in [1.54, 1.807) is 13.8 Å². The van der Waals surface area contributed by atoms with Crippen LogP contribution in [0.5, 0.6) is 0 Å². The van der Waals surface area contributed by atoms with E-state index in [0.29, 0.717) is 24.5 Å². The van der Waals surface area contributed by atoms with Gasteiger partial charge in [-0.05, 0) is 25.7 Å². The maximum Gasteiger partial charge on any atom is 0.244 e. The highest BCUT2D eigenvalue weighted by atomic mass is 32.2. The SMILES string of the molecule is CCC(C)(C)CNS(=O)(=O)c1c(C)nn(CCO)c1C. The van der Waals surface area contributed by atoms with Gasteiger partial charge < -0.3 is 5.11 Å². The van der Waals surface area contributed by atoms with Gasteiger partial charge in [-0.25, -0.2) is 13.1 Å². The molecule has 1 rings (SSSR count). The zero-order chi connectivity index (χ0) is 15.6. The van der Waals surface area contributed by atoms with Gasteiger partial charge in [0.25, 0.3) is 0 Å². The Balaban J connectivity index is 3.04. The Morgan fingerprint density at radius 1 is 1.35 bits per heavy atom. The minimum atomic E-state index is -3.58. The lowest BCUT2D eigenvalue weighted by atomic mass is 9.91. The molecule has 2 N–H and O–H groups in total. The minimum Gasteiger partial charge on any atom is -0.394 e. The number of rotatable bonds is 7. The van der Waals surface area contributed by atoms with E-state index in [-0.39, 0.29) is 16.9 Å². The van der Waals surface area contributed by atoms with Crippen LogP contribution < -0.4 is 4.72 Å². The first-order valence-corrected chi connectivity index (χ1v) is 8.27. The molecule has 0 aromatic carbocycles. The maximum absolute atomic E-state index is 12.4. The summed E-state index contributed by atoms with van der Waals surface area (Å²) >= 11 is 0. The van der Waals surface area contributed by atoms with Crippen LogP contribution >= 0.6 is 0 Å². The van der Waals surface area contributed by atoms with E-state index >= 15 is 0 Å². The third-order valence-electron chi connectivity index (χ3n) is 3.59. The quantitative estimate of drug-likeness (QED) is 0.793. The maximum atomic E-state index is 12.4. The minimum absolute atomic E-state index is 0.0717. The second kappa shape index (κ2) is 6.24. The van der Waals surface area contributed by atoms with E-state index in [4.69, 9.17) is 5.11 Å². The smallest absolute Gasteiger partial charge is 0.244 e. The molecule has 0 amide bonds. The summed E-state index contributed by atoms with van der Waals surface area (Å²) in [6.45, 7) is 10.0. The second-order valence-electron chi connectivity index (χ2n) is 5.79. The molecule has 0 spiro atoms. The van der Waals surface area contributed by atoms with Gasteiger partial charge in [0.05, 0.1) is 24.5 Å². The first kappa shape index (κ1) is 17.1. The summed E-state index contributed by atoms with van der Waals surface area (Å²) in [5.41, 5.74) is 0.923. The molecule has 116 valence electrons. The molecule has 0 aliphatic heterocycles. The van der Waals surface area contributed by atoms with E-state index < -0.39 is 10.0 Å². The number of sulfonamides is 1. The number of aryl methyl sites for hydroxylation is 1. The van der Waals surface area contributed by atoms with Crippen molar-refractivity contribution in [2.24, 2.45) is 5.41 Å². The summed E-state index contributed by atoms with van der Waals surface area (Å²) in [7, 11) is -3.58. The van der Waals surface area contributed by atoms with E-state index in [0.717, 1.165) is 6.42 Å². The zero-order valence-electron chi connectivity index (χ0n) is 12.9. The first-order chi connectivity index (χ1) is 9.14. The van der Waals surface area contributed by atoms with Gasteiger partial charge in [0, 0.05) is 6.54 Å². The molecule has 1 aromatic heterocycles. The molecule has 0 fully saturated rings. The highest BCUT2D eigenvalue weighted by molar-refractivity contribution is 7.89. The van der Waals surface area contributed by atoms with E-state index in [1.165, 1.54) is 4.68 Å². The summed E-state index contributed by atoms with van der Waals surface area (Å²) in [6, 6.07) is 0. The highest BCUT2D eigenvalue weighted by Gasteiger charge is 2.26. The topological polar surface area (TPSA) is 84.2 Å². The van der Waals surface area contributed by atoms with E-state index in [2.05, 4.69) is 9.82 Å². The van der Waals surface area contributed by atoms with Crippen molar-refractivity contribution >= 4 is 10.0 Å². The molecule has 0 unspecified atom stereocenters. The Morgan fingerprint density at radius 3 is 2.45 bits per heavy atom. The Kier molecular flexibility index (Phi) is 5.34. The standard InChI is InChI=1S/C13H25N3O3S/c1-6-13(4,5)9-14-20(18,19)12-10(2)15-16(7-8-17)11(12)3/h14,17H,6-9H2,1-5H3. The summed E-state index contributed by atoms with van der Waals surface area (Å²) in [5, 5.41) is 13.1. The molecule has 1 heterocycles. The molecule has 0 atom stereocenters. The first-order valence-electron chi connectivity index (χ1n) is 6.79. The highest BCUT2D eigenvalue weighted by Crippen LogP contribution is 2.22. The van der Waals surface area contributed by atoms with Gasteiger partial charge in [0.2, 0.25) is 10.0 Å². The molecule has 0 saturated carbocycles. The Bertz CT molecular complexity index is 562. The monoisotopic (exact) mass is 303 g/mol. The van der Waals surface area contributed by atoms with Gasteiger partial charge in [-0.3, -0.25) is 4.68 Å². The third kappa shape index (κ3) is 3.80. The van der Waals surface area contributed by atoms with Crippen molar-refractivity contribution < 1.29 is 13.5 Å². The average molecular weight is 303 g/mol. The van der Waals surface area contributed by atoms with Crippen LogP contribution in [0.25, 0.3) is 0 Å². The summed E-state index contributed by atoms with van der Waals surface area (Å²) in [5.74, 6) is 0. The van der Waals surface area contributed by atoms with Crippen molar-refractivity contribution in [3.8, 4) is 0 Å². The van der Waals surface area contributed by atoms with Crippen molar-refractivity contribution in [2.45, 2.75) is 52.5 Å². The Hall–Kier alpha value is -0.920. The summed E-state index contributed by atoms with van der Waals surface area (Å²) in [6.07, 6.45) is 0.886. The molecule has 0 aliphatic rings. The molecule has 7 heteroatoms. The zero-order valence-corrected chi connectivity index (χ0v) is 13.7. The van der Waals surface area contributed by atoms with E-state index in [1.807, 2.05) is 20.8 Å². The van der Waals surface area contributed by atoms with Crippen molar-refractivity contribution in [1.82, 2.24) is 14.5 Å². The molecular weight excluding hydrogens is 278 g/mol. The Morgan fingerprint density at radius 2 is 1.95 bits per heavy atom. The molecule has 6 nitrogen and oxygen atoms in total. The van der Waals surface area contributed by atoms with Crippen LogP contribution in [-0.4, -0.2) is 36.5 Å². The molecular formula is C13H25N3O3S. The summed E-state index contributed by atoms with van der Waals surface area (Å²) < 4.78 is 29.0. The predicted octanol–water partition coefficient (Wildman–Crippen LogP) is 1.21. The lowest BCUT2D eigenvalue weighted by molar-refractivity contribution is 0.267. The lowest BCUT2D eigenvalue weighted by Crippen LogP contribution is -2.34. The molecule has 0 aliphatic carbocycles. The normalized spacial score (nSPS) is 12.9. The van der Waals surface area contributed by atoms with Crippen LogP contribution in [0.3, 0.4) is 0 Å². The lowest BCUT2D eigenvalue weighted by Gasteiger charge is -2.22. The van der Waals surface area contributed by atoms with Gasteiger partial charge in [-0.15, -0.1) is 0 Å². The number of aliphatic hydroxyl groups is 1. The average Bonchev–Trinajstić information content (AvgIpc) is 2.63. The van der Waals surface area contributed by atoms with Gasteiger partial charge in [-0.2, -0.15) is 5.10 Å². The van der Waals surface area contributed by atoms with Crippen molar-refractivity contribution in [3.05, 3.63) is 11.4 Å². The van der Waals surface area contributed by atoms with Crippen molar-refractivity contribution in [2.75, 3.05) is 13.2 Å². The van der Waals surface area contributed by atoms with Crippen LogP contribution in [-0.2, 0) is 16.6 Å². The van der Waals surface area contributed by atoms with Gasteiger partial charge in [0.1, 0.15) is 4.90 Å². The fourth-order valence-electron chi connectivity index (χ4n) is 1.87. The van der Waals surface area contributed by atoms with Crippen LogP contribution in [0.1, 0.15) is 38.6 Å². The third-order valence-corrected chi connectivity index (χ3v) is 5.25. The number of aromatic nitrogens is 2. The van der Waals surface area contributed by atoms with Crippen LogP contribution in [0.4, 0.5) is 0 Å². The molecule has 0 saturated heterocycles. The molecule has 1 aromatic rings. The van der Waals surface area contributed by atoms with Gasteiger partial charge in [0.15, 0.2) is 0 Å².